The predicted octanol–water partition coefficient (Wildman–Crippen LogP) is 0.709. The lowest BCUT2D eigenvalue weighted by Gasteiger charge is -1.96. The SMILES string of the molecule is CC=C=NN(C)C. The molecule has 0 atom stereocenters. The molecule has 0 aliphatic heterocycles. The molecule has 0 aromatic heterocycles. The van der Waals surface area contributed by atoms with Gasteiger partial charge in [-0.05, 0) is 13.0 Å². The van der Waals surface area contributed by atoms with Crippen LogP contribution in [0.5, 0.6) is 0 Å². The Balaban J connectivity index is 3.46. The predicted molar refractivity (Wildman–Crippen MR) is 31.4 cm³/mol. The van der Waals surface area contributed by atoms with Gasteiger partial charge >= 0.3 is 0 Å². The highest BCUT2D eigenvalue weighted by Crippen LogP contribution is 1.66. The Hall–Kier alpha value is -0.750. The van der Waals surface area contributed by atoms with Crippen LogP contribution in [0, 0.1) is 0 Å². The number of hydrogen-bond donors (Lipinski definition) is 0. The second-order valence-corrected chi connectivity index (χ2v) is 1.36. The van der Waals surface area contributed by atoms with Crippen LogP contribution >= 0.6 is 0 Å². The molecule has 0 fully saturated rings. The maximum Gasteiger partial charge on any atom is 0.0251 e. The summed E-state index contributed by atoms with van der Waals surface area (Å²) < 4.78 is 0. The molecule has 0 aliphatic rings. The summed E-state index contributed by atoms with van der Waals surface area (Å²) in [6.07, 6.45) is 1.76. The van der Waals surface area contributed by atoms with Crippen molar-refractivity contribution in [3.8, 4) is 0 Å². The molecule has 0 saturated heterocycles. The van der Waals surface area contributed by atoms with Crippen molar-refractivity contribution in [2.24, 2.45) is 5.10 Å². The van der Waals surface area contributed by atoms with Crippen LogP contribution in [0.25, 0.3) is 0 Å². The molecule has 0 saturated carbocycles. The molecule has 0 bridgehead atoms. The number of nitrogens with zero attached hydrogens (tertiary/aromatic N) is 2. The van der Waals surface area contributed by atoms with Crippen molar-refractivity contribution in [2.45, 2.75) is 6.92 Å². The summed E-state index contributed by atoms with van der Waals surface area (Å²) in [5.41, 5.74) is 0. The largest absolute Gasteiger partial charge is 0.295 e. The van der Waals surface area contributed by atoms with E-state index >= 15 is 0 Å². The topological polar surface area (TPSA) is 15.6 Å². The Kier molecular flexibility index (Phi) is 3.07. The summed E-state index contributed by atoms with van der Waals surface area (Å²) in [6, 6.07) is 0. The summed E-state index contributed by atoms with van der Waals surface area (Å²) in [5, 5.41) is 5.47. The van der Waals surface area contributed by atoms with Gasteiger partial charge in [0.1, 0.15) is 0 Å². The Labute approximate surface area is 44.1 Å². The molecular formula is C5H10N2. The molecule has 7 heavy (non-hydrogen) atoms. The molecule has 0 radical (unpaired) electrons. The third kappa shape index (κ3) is 5.25. The fourth-order valence-electron chi connectivity index (χ4n) is 0.173. The summed E-state index contributed by atoms with van der Waals surface area (Å²) in [4.78, 5) is 0. The third-order valence-corrected chi connectivity index (χ3v) is 0.387. The summed E-state index contributed by atoms with van der Waals surface area (Å²) >= 11 is 0. The summed E-state index contributed by atoms with van der Waals surface area (Å²) in [6.45, 7) is 1.88. The Morgan fingerprint density at radius 2 is 2.14 bits per heavy atom. The molecule has 0 rings (SSSR count). The van der Waals surface area contributed by atoms with Crippen molar-refractivity contribution in [2.75, 3.05) is 14.1 Å². The van der Waals surface area contributed by atoms with Gasteiger partial charge in [-0.3, -0.25) is 5.01 Å². The highest BCUT2D eigenvalue weighted by Gasteiger charge is 1.66. The first-order valence-corrected chi connectivity index (χ1v) is 2.18. The van der Waals surface area contributed by atoms with Gasteiger partial charge in [0.25, 0.3) is 0 Å². The van der Waals surface area contributed by atoms with E-state index < -0.39 is 0 Å². The standard InChI is InChI=1S/C5H10N2/c1-4-5-6-7(2)3/h4H,1-3H3. The lowest BCUT2D eigenvalue weighted by molar-refractivity contribution is 0.441. The van der Waals surface area contributed by atoms with Crippen LogP contribution in [0.2, 0.25) is 0 Å². The molecule has 0 aliphatic carbocycles. The minimum Gasteiger partial charge on any atom is -0.295 e. The molecule has 0 spiro atoms. The maximum absolute atomic E-state index is 3.77. The van der Waals surface area contributed by atoms with Crippen LogP contribution in [0.1, 0.15) is 6.92 Å². The lowest BCUT2D eigenvalue weighted by atomic mass is 10.8. The first-order valence-electron chi connectivity index (χ1n) is 2.18. The van der Waals surface area contributed by atoms with E-state index in [0.29, 0.717) is 0 Å². The molecule has 2 heteroatoms. The van der Waals surface area contributed by atoms with Crippen LogP contribution in [0.4, 0.5) is 0 Å². The molecule has 0 amide bonds. The van der Waals surface area contributed by atoms with Gasteiger partial charge in [-0.2, -0.15) is 0 Å². The molecule has 0 heterocycles. The molecule has 0 unspecified atom stereocenters. The number of rotatable bonds is 1. The van der Waals surface area contributed by atoms with Gasteiger partial charge in [0, 0.05) is 20.0 Å². The van der Waals surface area contributed by atoms with Crippen LogP contribution in [0.15, 0.2) is 11.2 Å². The molecule has 0 aromatic rings. The zero-order valence-electron chi connectivity index (χ0n) is 4.97. The minimum atomic E-state index is 1.69. The average molecular weight is 98.1 g/mol. The molecule has 0 aromatic carbocycles. The van der Waals surface area contributed by atoms with Crippen molar-refractivity contribution in [1.82, 2.24) is 5.01 Å². The second-order valence-electron chi connectivity index (χ2n) is 1.36. The first kappa shape index (κ1) is 6.25. The lowest BCUT2D eigenvalue weighted by Crippen LogP contribution is -1.99. The van der Waals surface area contributed by atoms with Gasteiger partial charge in [0.2, 0.25) is 0 Å². The molecule has 2 nitrogen and oxygen atoms in total. The molecule has 40 valence electrons. The van der Waals surface area contributed by atoms with Crippen molar-refractivity contribution in [3.05, 3.63) is 6.08 Å². The minimum absolute atomic E-state index is 1.69. The highest BCUT2D eigenvalue weighted by molar-refractivity contribution is 5.50. The summed E-state index contributed by atoms with van der Waals surface area (Å²) in [7, 11) is 3.72. The third-order valence-electron chi connectivity index (χ3n) is 0.387. The normalized spacial score (nSPS) is 6.71. The summed E-state index contributed by atoms with van der Waals surface area (Å²) in [5.74, 6) is 2.67. The molecular weight excluding hydrogens is 88.1 g/mol. The van der Waals surface area contributed by atoms with E-state index in [1.165, 1.54) is 0 Å². The fraction of sp³-hybridized carbons (Fsp3) is 0.600. The van der Waals surface area contributed by atoms with Gasteiger partial charge in [-0.25, -0.2) is 0 Å². The van der Waals surface area contributed by atoms with Crippen molar-refractivity contribution < 1.29 is 0 Å². The number of hydrazone groups is 1. The molecule has 0 N–H and O–H groups in total. The van der Waals surface area contributed by atoms with E-state index in [2.05, 4.69) is 11.0 Å². The van der Waals surface area contributed by atoms with E-state index in [0.717, 1.165) is 0 Å². The highest BCUT2D eigenvalue weighted by atomic mass is 15.4. The van der Waals surface area contributed by atoms with E-state index in [-0.39, 0.29) is 0 Å². The average Bonchev–Trinajstić information content (AvgIpc) is 1.61. The van der Waals surface area contributed by atoms with Gasteiger partial charge in [-0.15, -0.1) is 5.10 Å². The Morgan fingerprint density at radius 1 is 1.57 bits per heavy atom. The maximum atomic E-state index is 3.77. The quantitative estimate of drug-likeness (QED) is 0.348. The van der Waals surface area contributed by atoms with Crippen LogP contribution < -0.4 is 0 Å². The zero-order valence-corrected chi connectivity index (χ0v) is 4.97. The first-order chi connectivity index (χ1) is 3.27. The Bertz CT molecular complexity index is 88.3. The van der Waals surface area contributed by atoms with Gasteiger partial charge in [0.15, 0.2) is 0 Å². The Morgan fingerprint density at radius 3 is 2.29 bits per heavy atom. The second kappa shape index (κ2) is 3.44. The van der Waals surface area contributed by atoms with Gasteiger partial charge in [-0.1, -0.05) is 0 Å². The van der Waals surface area contributed by atoms with E-state index in [9.17, 15) is 0 Å². The number of allylic oxidation sites excluding steroid dienone is 1. The monoisotopic (exact) mass is 98.1 g/mol. The van der Waals surface area contributed by atoms with E-state index in [4.69, 9.17) is 0 Å². The zero-order chi connectivity index (χ0) is 5.70. The van der Waals surface area contributed by atoms with Gasteiger partial charge in [0.05, 0.1) is 0 Å². The fourth-order valence-corrected chi connectivity index (χ4v) is 0.173. The van der Waals surface area contributed by atoms with E-state index in [1.54, 1.807) is 11.1 Å². The van der Waals surface area contributed by atoms with Crippen LogP contribution in [0.3, 0.4) is 0 Å². The van der Waals surface area contributed by atoms with Gasteiger partial charge < -0.3 is 0 Å². The number of hydrogen-bond acceptors (Lipinski definition) is 2. The van der Waals surface area contributed by atoms with Crippen molar-refractivity contribution in [1.29, 1.82) is 0 Å². The van der Waals surface area contributed by atoms with Crippen molar-refractivity contribution in [3.63, 3.8) is 0 Å². The van der Waals surface area contributed by atoms with Crippen LogP contribution in [-0.4, -0.2) is 25.0 Å². The van der Waals surface area contributed by atoms with Crippen LogP contribution in [-0.2, 0) is 0 Å². The van der Waals surface area contributed by atoms with Crippen molar-refractivity contribution >= 4 is 5.87 Å². The van der Waals surface area contributed by atoms with E-state index in [1.807, 2.05) is 21.0 Å². The smallest absolute Gasteiger partial charge is 0.0251 e.